The first-order valence-corrected chi connectivity index (χ1v) is 9.90. The van der Waals surface area contributed by atoms with E-state index >= 15 is 0 Å². The van der Waals surface area contributed by atoms with Crippen molar-refractivity contribution < 1.29 is 9.53 Å². The highest BCUT2D eigenvalue weighted by atomic mass is 35.5. The first kappa shape index (κ1) is 21.8. The highest BCUT2D eigenvalue weighted by molar-refractivity contribution is 7.15. The maximum atomic E-state index is 12.9. The molecule has 5 nitrogen and oxygen atoms in total. The molecule has 2 heterocycles. The number of aryl methyl sites for hydroxylation is 2. The molecular weight excluding hydrogens is 382 g/mol. The van der Waals surface area contributed by atoms with Crippen LogP contribution in [0.2, 0.25) is 0 Å². The maximum absolute atomic E-state index is 12.9. The molecule has 1 aliphatic heterocycles. The van der Waals surface area contributed by atoms with Gasteiger partial charge >= 0.3 is 0 Å². The number of ether oxygens (including phenoxy) is 1. The summed E-state index contributed by atoms with van der Waals surface area (Å²) < 4.78 is 5.40. The van der Waals surface area contributed by atoms with E-state index in [1.54, 1.807) is 11.3 Å². The van der Waals surface area contributed by atoms with Gasteiger partial charge in [-0.05, 0) is 33.6 Å². The van der Waals surface area contributed by atoms with Crippen molar-refractivity contribution in [2.75, 3.05) is 19.8 Å². The van der Waals surface area contributed by atoms with Gasteiger partial charge in [-0.15, -0.1) is 23.7 Å². The molecule has 1 amide bonds. The van der Waals surface area contributed by atoms with Crippen LogP contribution < -0.4 is 11.1 Å². The van der Waals surface area contributed by atoms with Crippen molar-refractivity contribution in [1.29, 1.82) is 0 Å². The Morgan fingerprint density at radius 3 is 2.52 bits per heavy atom. The summed E-state index contributed by atoms with van der Waals surface area (Å²) in [7, 11) is 0. The number of halogens is 1. The molecule has 1 fully saturated rings. The van der Waals surface area contributed by atoms with E-state index in [0.29, 0.717) is 32.6 Å². The molecule has 0 radical (unpaired) electrons. The molecule has 1 aromatic heterocycles. The molecule has 1 unspecified atom stereocenters. The Balaban J connectivity index is 0.00000261. The Hall–Kier alpha value is -1.47. The summed E-state index contributed by atoms with van der Waals surface area (Å²) in [5.74, 6) is 0.0282. The standard InChI is InChI=1S/C20H27N3O2S.ClH/c1-13-4-6-16(7-5-13)18-22-14(2)17(26-18)15(3)23-19(24)20(12-21)8-10-25-11-9-20;/h4-7,15H,8-12,21H2,1-3H3,(H,23,24);1H. The van der Waals surface area contributed by atoms with E-state index in [9.17, 15) is 4.79 Å². The van der Waals surface area contributed by atoms with Gasteiger partial charge in [0, 0.05) is 25.3 Å². The van der Waals surface area contributed by atoms with Gasteiger partial charge < -0.3 is 15.8 Å². The third-order valence-electron chi connectivity index (χ3n) is 5.19. The molecule has 0 aliphatic carbocycles. The minimum atomic E-state index is -0.509. The normalized spacial score (nSPS) is 17.0. The lowest BCUT2D eigenvalue weighted by Crippen LogP contribution is -2.49. The number of thiazole rings is 1. The average molecular weight is 410 g/mol. The van der Waals surface area contributed by atoms with Gasteiger partial charge in [-0.3, -0.25) is 4.79 Å². The number of carbonyl (C=O) groups is 1. The molecule has 3 rings (SSSR count). The summed E-state index contributed by atoms with van der Waals surface area (Å²) in [5.41, 5.74) is 8.74. The number of rotatable bonds is 5. The lowest BCUT2D eigenvalue weighted by molar-refractivity contribution is -0.136. The molecule has 27 heavy (non-hydrogen) atoms. The second-order valence-corrected chi connectivity index (χ2v) is 8.16. The lowest BCUT2D eigenvalue weighted by atomic mass is 9.79. The zero-order valence-corrected chi connectivity index (χ0v) is 17.7. The van der Waals surface area contributed by atoms with Crippen LogP contribution in [0.5, 0.6) is 0 Å². The van der Waals surface area contributed by atoms with E-state index in [2.05, 4.69) is 36.5 Å². The number of benzene rings is 1. The highest BCUT2D eigenvalue weighted by Crippen LogP contribution is 2.34. The van der Waals surface area contributed by atoms with Crippen LogP contribution >= 0.6 is 23.7 Å². The number of hydrogen-bond acceptors (Lipinski definition) is 5. The van der Waals surface area contributed by atoms with Crippen molar-refractivity contribution in [2.45, 2.75) is 39.7 Å². The number of nitrogens with zero attached hydrogens (tertiary/aromatic N) is 1. The molecule has 1 aliphatic rings. The second kappa shape index (κ2) is 9.15. The van der Waals surface area contributed by atoms with Gasteiger partial charge in [0.15, 0.2) is 0 Å². The van der Waals surface area contributed by atoms with Crippen LogP contribution in [-0.2, 0) is 9.53 Å². The van der Waals surface area contributed by atoms with Gasteiger partial charge in [0.2, 0.25) is 5.91 Å². The summed E-state index contributed by atoms with van der Waals surface area (Å²) in [6.45, 7) is 7.63. The Morgan fingerprint density at radius 2 is 1.93 bits per heavy atom. The van der Waals surface area contributed by atoms with Crippen LogP contribution in [-0.4, -0.2) is 30.6 Å². The quantitative estimate of drug-likeness (QED) is 0.787. The van der Waals surface area contributed by atoms with Gasteiger partial charge in [-0.25, -0.2) is 4.98 Å². The zero-order valence-electron chi connectivity index (χ0n) is 16.1. The Morgan fingerprint density at radius 1 is 1.30 bits per heavy atom. The van der Waals surface area contributed by atoms with Gasteiger partial charge in [-0.2, -0.15) is 0 Å². The molecule has 0 saturated carbocycles. The summed E-state index contributed by atoms with van der Waals surface area (Å²) in [5, 5.41) is 4.15. The third-order valence-corrected chi connectivity index (χ3v) is 6.58. The molecule has 7 heteroatoms. The Kier molecular flexibility index (Phi) is 7.40. The minimum absolute atomic E-state index is 0. The first-order chi connectivity index (χ1) is 12.4. The number of amides is 1. The fourth-order valence-corrected chi connectivity index (χ4v) is 4.40. The van der Waals surface area contributed by atoms with Crippen molar-refractivity contribution in [3.63, 3.8) is 0 Å². The van der Waals surface area contributed by atoms with Crippen LogP contribution in [0, 0.1) is 19.3 Å². The van der Waals surface area contributed by atoms with E-state index < -0.39 is 5.41 Å². The predicted molar refractivity (Wildman–Crippen MR) is 112 cm³/mol. The SMILES string of the molecule is Cc1ccc(-c2nc(C)c(C(C)NC(=O)C3(CN)CCOCC3)s2)cc1.Cl. The molecule has 1 saturated heterocycles. The number of aromatic nitrogens is 1. The van der Waals surface area contributed by atoms with Gasteiger partial charge in [-0.1, -0.05) is 29.8 Å². The van der Waals surface area contributed by atoms with Gasteiger partial charge in [0.1, 0.15) is 5.01 Å². The predicted octanol–water partition coefficient (Wildman–Crippen LogP) is 3.78. The summed E-state index contributed by atoms with van der Waals surface area (Å²) >= 11 is 1.64. The topological polar surface area (TPSA) is 77.2 Å². The van der Waals surface area contributed by atoms with E-state index in [-0.39, 0.29) is 24.4 Å². The highest BCUT2D eigenvalue weighted by Gasteiger charge is 2.39. The average Bonchev–Trinajstić information content (AvgIpc) is 3.04. The number of hydrogen-bond donors (Lipinski definition) is 2. The summed E-state index contributed by atoms with van der Waals surface area (Å²) in [6, 6.07) is 8.27. The monoisotopic (exact) mass is 409 g/mol. The van der Waals surface area contributed by atoms with Crippen LogP contribution in [0.1, 0.15) is 41.9 Å². The van der Waals surface area contributed by atoms with Crippen molar-refractivity contribution in [3.8, 4) is 10.6 Å². The van der Waals surface area contributed by atoms with Crippen LogP contribution in [0.3, 0.4) is 0 Å². The Labute approximate surface area is 171 Å². The van der Waals surface area contributed by atoms with Crippen molar-refractivity contribution in [3.05, 3.63) is 40.4 Å². The van der Waals surface area contributed by atoms with Gasteiger partial charge in [0.25, 0.3) is 0 Å². The van der Waals surface area contributed by atoms with Gasteiger partial charge in [0.05, 0.1) is 22.0 Å². The van der Waals surface area contributed by atoms with Crippen molar-refractivity contribution in [2.24, 2.45) is 11.1 Å². The zero-order chi connectivity index (χ0) is 18.7. The molecule has 1 atom stereocenters. The number of carbonyl (C=O) groups excluding carboxylic acids is 1. The van der Waals surface area contributed by atoms with E-state index in [4.69, 9.17) is 15.5 Å². The largest absolute Gasteiger partial charge is 0.381 e. The fraction of sp³-hybridized carbons (Fsp3) is 0.500. The first-order valence-electron chi connectivity index (χ1n) is 9.08. The van der Waals surface area contributed by atoms with Crippen LogP contribution in [0.4, 0.5) is 0 Å². The minimum Gasteiger partial charge on any atom is -0.381 e. The lowest BCUT2D eigenvalue weighted by Gasteiger charge is -2.35. The van der Waals surface area contributed by atoms with Crippen LogP contribution in [0.25, 0.3) is 10.6 Å². The molecule has 1 aromatic carbocycles. The molecule has 2 aromatic rings. The number of nitrogens with one attached hydrogen (secondary N) is 1. The smallest absolute Gasteiger partial charge is 0.228 e. The van der Waals surface area contributed by atoms with Crippen molar-refractivity contribution in [1.82, 2.24) is 10.3 Å². The molecule has 148 valence electrons. The van der Waals surface area contributed by atoms with Crippen LogP contribution in [0.15, 0.2) is 24.3 Å². The van der Waals surface area contributed by atoms with E-state index in [0.717, 1.165) is 21.1 Å². The summed E-state index contributed by atoms with van der Waals surface area (Å²) in [6.07, 6.45) is 1.36. The number of nitrogens with two attached hydrogens (primary N) is 1. The molecule has 3 N–H and O–H groups in total. The molecular formula is C20H28ClN3O2S. The van der Waals surface area contributed by atoms with Crippen molar-refractivity contribution >= 4 is 29.7 Å². The van der Waals surface area contributed by atoms with E-state index in [1.165, 1.54) is 5.56 Å². The fourth-order valence-electron chi connectivity index (χ4n) is 3.33. The Bertz CT molecular complexity index is 770. The maximum Gasteiger partial charge on any atom is 0.228 e. The second-order valence-electron chi connectivity index (χ2n) is 7.13. The third kappa shape index (κ3) is 4.69. The molecule has 0 bridgehead atoms. The molecule has 0 spiro atoms. The summed E-state index contributed by atoms with van der Waals surface area (Å²) in [4.78, 5) is 18.7. The van der Waals surface area contributed by atoms with E-state index in [1.807, 2.05) is 13.8 Å².